The van der Waals surface area contributed by atoms with Crippen molar-refractivity contribution < 1.29 is 0 Å². The van der Waals surface area contributed by atoms with Crippen molar-refractivity contribution in [1.82, 2.24) is 9.55 Å². The number of rotatable bonds is 1. The molecule has 4 heteroatoms. The summed E-state index contributed by atoms with van der Waals surface area (Å²) < 4.78 is 1.45. The molecule has 4 nitrogen and oxygen atoms in total. The van der Waals surface area contributed by atoms with Gasteiger partial charge in [-0.3, -0.25) is 14.3 Å². The summed E-state index contributed by atoms with van der Waals surface area (Å²) in [5.41, 5.74) is 2.92. The van der Waals surface area contributed by atoms with Gasteiger partial charge in [0.15, 0.2) is 0 Å². The van der Waals surface area contributed by atoms with Gasteiger partial charge in [0.05, 0.1) is 5.69 Å². The second-order valence-electron chi connectivity index (χ2n) is 4.20. The van der Waals surface area contributed by atoms with Crippen LogP contribution >= 0.6 is 0 Å². The molecule has 88 valence electrons. The molecule has 0 saturated carbocycles. The number of aromatic amines is 1. The Morgan fingerprint density at radius 2 is 1.82 bits per heavy atom. The topological polar surface area (TPSA) is 54.9 Å². The fourth-order valence-electron chi connectivity index (χ4n) is 1.83. The zero-order chi connectivity index (χ0) is 12.6. The third kappa shape index (κ3) is 2.06. The van der Waals surface area contributed by atoms with Crippen molar-refractivity contribution in [3.8, 4) is 11.3 Å². The Hall–Kier alpha value is -2.10. The molecular formula is C13H14N2O2. The molecule has 0 aliphatic heterocycles. The number of benzene rings is 1. The molecule has 1 N–H and O–H groups in total. The summed E-state index contributed by atoms with van der Waals surface area (Å²) in [7, 11) is 1.65. The first-order chi connectivity index (χ1) is 7.99. The van der Waals surface area contributed by atoms with Crippen LogP contribution in [0.2, 0.25) is 0 Å². The highest BCUT2D eigenvalue weighted by molar-refractivity contribution is 5.64. The first-order valence-electron chi connectivity index (χ1n) is 5.37. The van der Waals surface area contributed by atoms with Crippen LogP contribution in [0.4, 0.5) is 0 Å². The predicted molar refractivity (Wildman–Crippen MR) is 67.2 cm³/mol. The molecule has 0 atom stereocenters. The highest BCUT2D eigenvalue weighted by Crippen LogP contribution is 2.21. The summed E-state index contributed by atoms with van der Waals surface area (Å²) in [6.07, 6.45) is 0. The molecule has 2 rings (SSSR count). The molecule has 1 aromatic heterocycles. The van der Waals surface area contributed by atoms with Crippen molar-refractivity contribution in [3.63, 3.8) is 0 Å². The Morgan fingerprint density at radius 1 is 1.12 bits per heavy atom. The lowest BCUT2D eigenvalue weighted by molar-refractivity contribution is 0.808. The van der Waals surface area contributed by atoms with E-state index in [2.05, 4.69) is 4.98 Å². The molecule has 1 heterocycles. The number of hydrogen-bond donors (Lipinski definition) is 1. The monoisotopic (exact) mass is 230 g/mol. The van der Waals surface area contributed by atoms with Crippen molar-refractivity contribution in [2.75, 3.05) is 0 Å². The van der Waals surface area contributed by atoms with Gasteiger partial charge in [0.1, 0.15) is 0 Å². The maximum atomic E-state index is 11.5. The van der Waals surface area contributed by atoms with Crippen molar-refractivity contribution >= 4 is 0 Å². The Morgan fingerprint density at radius 3 is 2.53 bits per heavy atom. The predicted octanol–water partition coefficient (Wildman–Crippen LogP) is 1.36. The molecule has 0 aliphatic carbocycles. The summed E-state index contributed by atoms with van der Waals surface area (Å²) in [6.45, 7) is 3.94. The van der Waals surface area contributed by atoms with E-state index in [0.717, 1.165) is 16.7 Å². The van der Waals surface area contributed by atoms with Gasteiger partial charge >= 0.3 is 5.69 Å². The van der Waals surface area contributed by atoms with Crippen molar-refractivity contribution in [1.29, 1.82) is 0 Å². The van der Waals surface area contributed by atoms with Crippen LogP contribution in [-0.4, -0.2) is 9.55 Å². The van der Waals surface area contributed by atoms with Gasteiger partial charge in [-0.1, -0.05) is 17.7 Å². The first kappa shape index (κ1) is 11.4. The van der Waals surface area contributed by atoms with E-state index in [0.29, 0.717) is 5.69 Å². The Balaban J connectivity index is 2.81. The van der Waals surface area contributed by atoms with Gasteiger partial charge in [-0.15, -0.1) is 0 Å². The lowest BCUT2D eigenvalue weighted by atomic mass is 10.0. The number of hydrogen-bond acceptors (Lipinski definition) is 2. The van der Waals surface area contributed by atoms with E-state index in [4.69, 9.17) is 0 Å². The molecule has 1 aromatic carbocycles. The number of nitrogens with one attached hydrogen (secondary N) is 1. The summed E-state index contributed by atoms with van der Waals surface area (Å²) in [4.78, 5) is 25.1. The van der Waals surface area contributed by atoms with E-state index < -0.39 is 5.69 Å². The maximum Gasteiger partial charge on any atom is 0.328 e. The average molecular weight is 230 g/mol. The fraction of sp³-hybridized carbons (Fsp3) is 0.231. The molecule has 0 bridgehead atoms. The van der Waals surface area contributed by atoms with Gasteiger partial charge in [-0.25, -0.2) is 4.79 Å². The zero-order valence-corrected chi connectivity index (χ0v) is 10.1. The van der Waals surface area contributed by atoms with Crippen LogP contribution in [0.1, 0.15) is 11.1 Å². The third-order valence-corrected chi connectivity index (χ3v) is 2.83. The van der Waals surface area contributed by atoms with E-state index in [1.807, 2.05) is 32.0 Å². The van der Waals surface area contributed by atoms with Crippen LogP contribution < -0.4 is 11.2 Å². The van der Waals surface area contributed by atoms with Gasteiger partial charge in [-0.2, -0.15) is 0 Å². The van der Waals surface area contributed by atoms with Crippen LogP contribution in [0, 0.1) is 13.8 Å². The zero-order valence-electron chi connectivity index (χ0n) is 10.1. The summed E-state index contributed by atoms with van der Waals surface area (Å²) in [5, 5.41) is 0. The van der Waals surface area contributed by atoms with Crippen LogP contribution in [-0.2, 0) is 7.05 Å². The molecule has 0 fully saturated rings. The Labute approximate surface area is 98.6 Å². The standard InChI is InChI=1S/C13H14N2O2/c1-8-4-5-9(2)10(6-8)11-7-12(16)14-13(17)15(11)3/h4-7H,1-3H3,(H,14,16,17). The minimum Gasteiger partial charge on any atom is -0.296 e. The highest BCUT2D eigenvalue weighted by atomic mass is 16.2. The van der Waals surface area contributed by atoms with Gasteiger partial charge in [0.25, 0.3) is 5.56 Å². The van der Waals surface area contributed by atoms with E-state index >= 15 is 0 Å². The molecule has 0 amide bonds. The second-order valence-corrected chi connectivity index (χ2v) is 4.20. The minimum absolute atomic E-state index is 0.371. The SMILES string of the molecule is Cc1ccc(C)c(-c2cc(=O)[nH]c(=O)n2C)c1. The van der Waals surface area contributed by atoms with Gasteiger partial charge in [0.2, 0.25) is 0 Å². The van der Waals surface area contributed by atoms with Crippen molar-refractivity contribution in [2.45, 2.75) is 13.8 Å². The number of aryl methyl sites for hydroxylation is 2. The van der Waals surface area contributed by atoms with E-state index in [1.54, 1.807) is 7.05 Å². The van der Waals surface area contributed by atoms with E-state index in [-0.39, 0.29) is 5.56 Å². The molecular weight excluding hydrogens is 216 g/mol. The first-order valence-corrected chi connectivity index (χ1v) is 5.37. The normalized spacial score (nSPS) is 10.5. The molecule has 0 saturated heterocycles. The lowest BCUT2D eigenvalue weighted by Crippen LogP contribution is -2.28. The van der Waals surface area contributed by atoms with E-state index in [1.165, 1.54) is 10.6 Å². The average Bonchev–Trinajstić information content (AvgIpc) is 2.27. The van der Waals surface area contributed by atoms with E-state index in [9.17, 15) is 9.59 Å². The quantitative estimate of drug-likeness (QED) is 0.804. The molecule has 0 spiro atoms. The second kappa shape index (κ2) is 4.05. The molecule has 0 aliphatic rings. The highest BCUT2D eigenvalue weighted by Gasteiger charge is 2.07. The largest absolute Gasteiger partial charge is 0.328 e. The van der Waals surface area contributed by atoms with Gasteiger partial charge in [-0.05, 0) is 25.5 Å². The third-order valence-electron chi connectivity index (χ3n) is 2.83. The van der Waals surface area contributed by atoms with Crippen molar-refractivity contribution in [2.24, 2.45) is 7.05 Å². The van der Waals surface area contributed by atoms with Crippen LogP contribution in [0.3, 0.4) is 0 Å². The summed E-state index contributed by atoms with van der Waals surface area (Å²) in [5.74, 6) is 0. The number of H-pyrrole nitrogens is 1. The van der Waals surface area contributed by atoms with Crippen molar-refractivity contribution in [3.05, 3.63) is 56.2 Å². The Kier molecular flexibility index (Phi) is 2.71. The smallest absolute Gasteiger partial charge is 0.296 e. The lowest BCUT2D eigenvalue weighted by Gasteiger charge is -2.10. The molecule has 0 unspecified atom stereocenters. The van der Waals surface area contributed by atoms with Crippen LogP contribution in [0.5, 0.6) is 0 Å². The Bertz CT molecular complexity index is 681. The minimum atomic E-state index is -0.395. The summed E-state index contributed by atoms with van der Waals surface area (Å²) >= 11 is 0. The van der Waals surface area contributed by atoms with Crippen LogP contribution in [0.25, 0.3) is 11.3 Å². The summed E-state index contributed by atoms with van der Waals surface area (Å²) in [6, 6.07) is 7.41. The molecule has 2 aromatic rings. The number of nitrogens with zero attached hydrogens (tertiary/aromatic N) is 1. The molecule has 0 radical (unpaired) electrons. The molecule has 17 heavy (non-hydrogen) atoms. The van der Waals surface area contributed by atoms with Crippen LogP contribution in [0.15, 0.2) is 33.9 Å². The number of aromatic nitrogens is 2. The van der Waals surface area contributed by atoms with Gasteiger partial charge in [0, 0.05) is 18.7 Å². The van der Waals surface area contributed by atoms with Gasteiger partial charge < -0.3 is 0 Å². The maximum absolute atomic E-state index is 11.5. The fourth-order valence-corrected chi connectivity index (χ4v) is 1.83.